The zero-order valence-corrected chi connectivity index (χ0v) is 13.0. The van der Waals surface area contributed by atoms with Gasteiger partial charge in [-0.15, -0.1) is 0 Å². The zero-order valence-electron chi connectivity index (χ0n) is 11.3. The van der Waals surface area contributed by atoms with Crippen LogP contribution in [-0.2, 0) is 0 Å². The van der Waals surface area contributed by atoms with Crippen molar-refractivity contribution in [1.82, 2.24) is 0 Å². The van der Waals surface area contributed by atoms with Crippen molar-refractivity contribution in [2.75, 3.05) is 11.5 Å². The van der Waals surface area contributed by atoms with Crippen molar-refractivity contribution < 1.29 is 5.11 Å². The lowest BCUT2D eigenvalue weighted by molar-refractivity contribution is 0.172. The fraction of sp³-hybridized carbons (Fsp3) is 0.600. The maximum absolute atomic E-state index is 10.6. The number of thioether (sulfide) groups is 2. The van der Waals surface area contributed by atoms with Gasteiger partial charge < -0.3 is 5.11 Å². The molecule has 0 radical (unpaired) electrons. The molecule has 0 amide bonds. The van der Waals surface area contributed by atoms with Crippen LogP contribution in [0.4, 0.5) is 0 Å². The third-order valence-corrected chi connectivity index (χ3v) is 7.01. The van der Waals surface area contributed by atoms with E-state index in [2.05, 4.69) is 39.0 Å². The van der Waals surface area contributed by atoms with Crippen LogP contribution < -0.4 is 0 Å². The minimum Gasteiger partial charge on any atom is -0.387 e. The average Bonchev–Trinajstić information content (AvgIpc) is 2.41. The number of aliphatic hydroxyl groups excluding tert-OH is 1. The molecule has 0 bridgehead atoms. The largest absolute Gasteiger partial charge is 0.387 e. The van der Waals surface area contributed by atoms with Gasteiger partial charge in [-0.3, -0.25) is 0 Å². The minimum absolute atomic E-state index is 0.327. The first-order valence-corrected chi connectivity index (χ1v) is 8.71. The van der Waals surface area contributed by atoms with Crippen molar-refractivity contribution >= 4 is 23.5 Å². The molecule has 1 saturated heterocycles. The Morgan fingerprint density at radius 1 is 1.22 bits per heavy atom. The van der Waals surface area contributed by atoms with Crippen molar-refractivity contribution in [3.63, 3.8) is 0 Å². The second-order valence-corrected chi connectivity index (χ2v) is 7.57. The van der Waals surface area contributed by atoms with Crippen LogP contribution in [-0.4, -0.2) is 27.1 Å². The first-order valence-electron chi connectivity index (χ1n) is 6.62. The highest BCUT2D eigenvalue weighted by Gasteiger charge is 2.31. The van der Waals surface area contributed by atoms with Crippen molar-refractivity contribution in [3.05, 3.63) is 34.9 Å². The van der Waals surface area contributed by atoms with Crippen LogP contribution in [0.5, 0.6) is 0 Å². The summed E-state index contributed by atoms with van der Waals surface area (Å²) in [7, 11) is 0. The maximum atomic E-state index is 10.6. The van der Waals surface area contributed by atoms with Crippen LogP contribution in [0.15, 0.2) is 18.2 Å². The second kappa shape index (κ2) is 6.36. The lowest BCUT2D eigenvalue weighted by Gasteiger charge is -2.33. The highest BCUT2D eigenvalue weighted by Crippen LogP contribution is 2.40. The number of hydrogen-bond donors (Lipinski definition) is 1. The number of aliphatic hydroxyl groups is 1. The van der Waals surface area contributed by atoms with Gasteiger partial charge in [-0.25, -0.2) is 0 Å². The topological polar surface area (TPSA) is 20.2 Å². The van der Waals surface area contributed by atoms with E-state index >= 15 is 0 Å². The van der Waals surface area contributed by atoms with Crippen molar-refractivity contribution in [1.29, 1.82) is 0 Å². The van der Waals surface area contributed by atoms with Crippen molar-refractivity contribution in [2.45, 2.75) is 43.8 Å². The predicted octanol–water partition coefficient (Wildman–Crippen LogP) is 3.96. The molecule has 1 nitrogen and oxygen atoms in total. The normalized spacial score (nSPS) is 26.0. The second-order valence-electron chi connectivity index (χ2n) is 4.94. The fourth-order valence-electron chi connectivity index (χ4n) is 2.37. The third kappa shape index (κ3) is 3.06. The fourth-order valence-corrected chi connectivity index (χ4v) is 5.51. The predicted molar refractivity (Wildman–Crippen MR) is 83.7 cm³/mol. The van der Waals surface area contributed by atoms with Gasteiger partial charge in [0, 0.05) is 22.0 Å². The quantitative estimate of drug-likeness (QED) is 0.906. The van der Waals surface area contributed by atoms with E-state index in [0.717, 1.165) is 17.7 Å². The average molecular weight is 282 g/mol. The van der Waals surface area contributed by atoms with Gasteiger partial charge in [0.1, 0.15) is 0 Å². The lowest BCUT2D eigenvalue weighted by atomic mass is 9.99. The first kappa shape index (κ1) is 14.3. The summed E-state index contributed by atoms with van der Waals surface area (Å²) in [4.78, 5) is 0. The molecule has 1 heterocycles. The number of benzene rings is 1. The molecule has 3 atom stereocenters. The summed E-state index contributed by atoms with van der Waals surface area (Å²) in [5, 5.41) is 11.6. The molecule has 1 aromatic carbocycles. The molecule has 1 fully saturated rings. The molecule has 1 N–H and O–H groups in total. The molecule has 100 valence electrons. The Balaban J connectivity index is 2.18. The van der Waals surface area contributed by atoms with Gasteiger partial charge in [0.2, 0.25) is 0 Å². The summed E-state index contributed by atoms with van der Waals surface area (Å²) in [5.41, 5.74) is 3.65. The third-order valence-electron chi connectivity index (χ3n) is 3.68. The molecule has 1 aliphatic rings. The van der Waals surface area contributed by atoms with Gasteiger partial charge in [0.05, 0.1) is 6.10 Å². The Hall–Kier alpha value is -0.120. The Morgan fingerprint density at radius 3 is 2.61 bits per heavy atom. The summed E-state index contributed by atoms with van der Waals surface area (Å²) in [6, 6.07) is 6.35. The van der Waals surface area contributed by atoms with Gasteiger partial charge >= 0.3 is 0 Å². The lowest BCUT2D eigenvalue weighted by Crippen LogP contribution is -2.31. The molecule has 3 heteroatoms. The molecule has 0 saturated carbocycles. The Kier molecular flexibility index (Phi) is 5.05. The Labute approximate surface area is 119 Å². The summed E-state index contributed by atoms with van der Waals surface area (Å²) in [6.45, 7) is 6.46. The van der Waals surface area contributed by atoms with Crippen LogP contribution in [0.25, 0.3) is 0 Å². The molecule has 0 aliphatic carbocycles. The summed E-state index contributed by atoms with van der Waals surface area (Å²) >= 11 is 3.96. The standard InChI is InChI=1S/C15H22OS2/c1-4-13-15(18-8-7-17-13)14(16)12-6-5-10(2)11(3)9-12/h5-6,9,13-16H,4,7-8H2,1-3H3. The van der Waals surface area contributed by atoms with E-state index in [0.29, 0.717) is 10.5 Å². The highest BCUT2D eigenvalue weighted by molar-refractivity contribution is 8.07. The van der Waals surface area contributed by atoms with Gasteiger partial charge in [-0.2, -0.15) is 23.5 Å². The molecular weight excluding hydrogens is 260 g/mol. The van der Waals surface area contributed by atoms with E-state index in [1.165, 1.54) is 16.9 Å². The van der Waals surface area contributed by atoms with Crippen LogP contribution in [0, 0.1) is 13.8 Å². The molecule has 1 aliphatic heterocycles. The van der Waals surface area contributed by atoms with Crippen LogP contribution in [0.3, 0.4) is 0 Å². The molecule has 1 aromatic rings. The van der Waals surface area contributed by atoms with Gasteiger partial charge in [0.25, 0.3) is 0 Å². The maximum Gasteiger partial charge on any atom is 0.0919 e. The van der Waals surface area contributed by atoms with Crippen LogP contribution in [0.1, 0.15) is 36.1 Å². The van der Waals surface area contributed by atoms with E-state index < -0.39 is 0 Å². The first-order chi connectivity index (χ1) is 8.63. The monoisotopic (exact) mass is 282 g/mol. The van der Waals surface area contributed by atoms with Crippen LogP contribution >= 0.6 is 23.5 Å². The summed E-state index contributed by atoms with van der Waals surface area (Å²) in [5.74, 6) is 2.38. The van der Waals surface area contributed by atoms with Gasteiger partial charge in [0.15, 0.2) is 0 Å². The Bertz CT molecular complexity index is 405. The number of aryl methyl sites for hydroxylation is 2. The molecule has 18 heavy (non-hydrogen) atoms. The SMILES string of the molecule is CCC1SCCSC1C(O)c1ccc(C)c(C)c1. The summed E-state index contributed by atoms with van der Waals surface area (Å²) in [6.07, 6.45) is 0.816. The minimum atomic E-state index is -0.327. The van der Waals surface area contributed by atoms with Crippen molar-refractivity contribution in [2.24, 2.45) is 0 Å². The van der Waals surface area contributed by atoms with Crippen LogP contribution in [0.2, 0.25) is 0 Å². The molecular formula is C15H22OS2. The van der Waals surface area contributed by atoms with E-state index in [-0.39, 0.29) is 6.10 Å². The summed E-state index contributed by atoms with van der Waals surface area (Å²) < 4.78 is 0. The number of hydrogen-bond acceptors (Lipinski definition) is 3. The van der Waals surface area contributed by atoms with E-state index in [1.54, 1.807) is 0 Å². The smallest absolute Gasteiger partial charge is 0.0919 e. The van der Waals surface area contributed by atoms with E-state index in [1.807, 2.05) is 23.5 Å². The zero-order chi connectivity index (χ0) is 13.1. The van der Waals surface area contributed by atoms with Crippen molar-refractivity contribution in [3.8, 4) is 0 Å². The van der Waals surface area contributed by atoms with Gasteiger partial charge in [-0.1, -0.05) is 25.1 Å². The Morgan fingerprint density at radius 2 is 1.94 bits per heavy atom. The molecule has 0 spiro atoms. The van der Waals surface area contributed by atoms with Gasteiger partial charge in [-0.05, 0) is 37.0 Å². The number of rotatable bonds is 3. The molecule has 2 rings (SSSR count). The molecule has 0 aromatic heterocycles. The highest BCUT2D eigenvalue weighted by atomic mass is 32.2. The molecule has 3 unspecified atom stereocenters. The van der Waals surface area contributed by atoms with E-state index in [4.69, 9.17) is 0 Å². The van der Waals surface area contributed by atoms with E-state index in [9.17, 15) is 5.11 Å².